The second-order valence-corrected chi connectivity index (χ2v) is 5.23. The number of nitrogens with zero attached hydrogens (tertiary/aromatic N) is 2. The van der Waals surface area contributed by atoms with Gasteiger partial charge in [-0.15, -0.1) is 0 Å². The van der Waals surface area contributed by atoms with Crippen molar-refractivity contribution in [3.63, 3.8) is 0 Å². The average Bonchev–Trinajstić information content (AvgIpc) is 2.28. The van der Waals surface area contributed by atoms with Crippen LogP contribution in [0.15, 0.2) is 22.9 Å². The lowest BCUT2D eigenvalue weighted by atomic mass is 9.92. The SMILES string of the molecule is CCN1CCCC(N)C1c1cncc(Br)c1. The molecular formula is C12H18BrN3. The zero-order valence-electron chi connectivity index (χ0n) is 9.56. The molecule has 1 saturated heterocycles. The number of nitrogens with two attached hydrogens (primary N) is 1. The van der Waals surface area contributed by atoms with E-state index in [0.717, 1.165) is 24.0 Å². The van der Waals surface area contributed by atoms with Gasteiger partial charge >= 0.3 is 0 Å². The third-order valence-electron chi connectivity index (χ3n) is 3.26. The van der Waals surface area contributed by atoms with Crippen LogP contribution < -0.4 is 5.73 Å². The Kier molecular flexibility index (Phi) is 3.95. The van der Waals surface area contributed by atoms with E-state index in [1.54, 1.807) is 0 Å². The van der Waals surface area contributed by atoms with Crippen molar-refractivity contribution in [3.05, 3.63) is 28.5 Å². The molecule has 2 atom stereocenters. The predicted octanol–water partition coefficient (Wildman–Crippen LogP) is 2.33. The minimum absolute atomic E-state index is 0.227. The molecule has 0 radical (unpaired) electrons. The molecule has 16 heavy (non-hydrogen) atoms. The Morgan fingerprint density at radius 2 is 2.38 bits per heavy atom. The molecule has 88 valence electrons. The second-order valence-electron chi connectivity index (χ2n) is 4.32. The first-order valence-corrected chi connectivity index (χ1v) is 6.61. The summed E-state index contributed by atoms with van der Waals surface area (Å²) in [6, 6.07) is 2.68. The standard InChI is InChI=1S/C12H18BrN3/c1-2-16-5-3-4-11(14)12(16)9-6-10(13)8-15-7-9/h6-8,11-12H,2-5,14H2,1H3. The largest absolute Gasteiger partial charge is 0.326 e. The van der Waals surface area contributed by atoms with E-state index >= 15 is 0 Å². The number of halogens is 1. The highest BCUT2D eigenvalue weighted by Gasteiger charge is 2.29. The molecule has 1 aliphatic heterocycles. The van der Waals surface area contributed by atoms with Gasteiger partial charge in [0, 0.05) is 22.9 Å². The normalized spacial score (nSPS) is 26.9. The molecule has 1 aliphatic rings. The molecule has 1 fully saturated rings. The Bertz CT molecular complexity index is 356. The average molecular weight is 284 g/mol. The van der Waals surface area contributed by atoms with Crippen molar-refractivity contribution in [2.75, 3.05) is 13.1 Å². The molecule has 0 spiro atoms. The first-order chi connectivity index (χ1) is 7.72. The van der Waals surface area contributed by atoms with Crippen molar-refractivity contribution in [2.45, 2.75) is 31.8 Å². The topological polar surface area (TPSA) is 42.1 Å². The summed E-state index contributed by atoms with van der Waals surface area (Å²) in [5.74, 6) is 0. The van der Waals surface area contributed by atoms with E-state index in [4.69, 9.17) is 5.73 Å². The Hall–Kier alpha value is -0.450. The van der Waals surface area contributed by atoms with Gasteiger partial charge in [-0.3, -0.25) is 9.88 Å². The Balaban J connectivity index is 2.28. The highest BCUT2D eigenvalue weighted by atomic mass is 79.9. The van der Waals surface area contributed by atoms with Gasteiger partial charge in [-0.1, -0.05) is 6.92 Å². The summed E-state index contributed by atoms with van der Waals surface area (Å²) in [5.41, 5.74) is 7.47. The zero-order chi connectivity index (χ0) is 11.5. The van der Waals surface area contributed by atoms with Crippen molar-refractivity contribution in [2.24, 2.45) is 5.73 Å². The number of hydrogen-bond donors (Lipinski definition) is 1. The van der Waals surface area contributed by atoms with E-state index < -0.39 is 0 Å². The molecule has 3 nitrogen and oxygen atoms in total. The molecule has 2 unspecified atom stereocenters. The summed E-state index contributed by atoms with van der Waals surface area (Å²) in [4.78, 5) is 6.68. The molecule has 4 heteroatoms. The number of rotatable bonds is 2. The number of likely N-dealkylation sites (tertiary alicyclic amines) is 1. The smallest absolute Gasteiger partial charge is 0.0514 e. The van der Waals surface area contributed by atoms with Crippen molar-refractivity contribution < 1.29 is 0 Å². The first kappa shape index (κ1) is 12.0. The molecule has 0 aromatic carbocycles. The van der Waals surface area contributed by atoms with Gasteiger partial charge < -0.3 is 5.73 Å². The summed E-state index contributed by atoms with van der Waals surface area (Å²) < 4.78 is 1.03. The fraction of sp³-hybridized carbons (Fsp3) is 0.583. The Morgan fingerprint density at radius 3 is 3.06 bits per heavy atom. The van der Waals surface area contributed by atoms with Crippen LogP contribution >= 0.6 is 15.9 Å². The van der Waals surface area contributed by atoms with Crippen molar-refractivity contribution in [1.29, 1.82) is 0 Å². The molecule has 1 aromatic heterocycles. The quantitative estimate of drug-likeness (QED) is 0.906. The van der Waals surface area contributed by atoms with Crippen LogP contribution in [0.4, 0.5) is 0 Å². The van der Waals surface area contributed by atoms with Gasteiger partial charge in [0.1, 0.15) is 0 Å². The number of aromatic nitrogens is 1. The van der Waals surface area contributed by atoms with E-state index in [2.05, 4.69) is 38.8 Å². The summed E-state index contributed by atoms with van der Waals surface area (Å²) in [5, 5.41) is 0. The maximum atomic E-state index is 6.24. The zero-order valence-corrected chi connectivity index (χ0v) is 11.2. The van der Waals surface area contributed by atoms with Crippen molar-refractivity contribution >= 4 is 15.9 Å². The summed E-state index contributed by atoms with van der Waals surface area (Å²) >= 11 is 3.47. The summed E-state index contributed by atoms with van der Waals surface area (Å²) in [7, 11) is 0. The molecule has 1 aromatic rings. The van der Waals surface area contributed by atoms with Crippen LogP contribution in [0.2, 0.25) is 0 Å². The highest BCUT2D eigenvalue weighted by molar-refractivity contribution is 9.10. The predicted molar refractivity (Wildman–Crippen MR) is 69.1 cm³/mol. The minimum atomic E-state index is 0.227. The van der Waals surface area contributed by atoms with E-state index in [0.29, 0.717) is 6.04 Å². The van der Waals surface area contributed by atoms with Crippen LogP contribution in [0.5, 0.6) is 0 Å². The van der Waals surface area contributed by atoms with E-state index in [-0.39, 0.29) is 6.04 Å². The lowest BCUT2D eigenvalue weighted by Crippen LogP contribution is -2.45. The van der Waals surface area contributed by atoms with Crippen LogP contribution in [0.1, 0.15) is 31.4 Å². The maximum Gasteiger partial charge on any atom is 0.0514 e. The molecule has 2 rings (SSSR count). The van der Waals surface area contributed by atoms with Gasteiger partial charge in [-0.25, -0.2) is 0 Å². The van der Waals surface area contributed by atoms with Crippen LogP contribution in [-0.2, 0) is 0 Å². The lowest BCUT2D eigenvalue weighted by molar-refractivity contribution is 0.135. The number of hydrogen-bond acceptors (Lipinski definition) is 3. The van der Waals surface area contributed by atoms with Gasteiger partial charge in [0.25, 0.3) is 0 Å². The minimum Gasteiger partial charge on any atom is -0.326 e. The van der Waals surface area contributed by atoms with Gasteiger partial charge in [0.05, 0.1) is 6.04 Å². The number of likely N-dealkylation sites (N-methyl/N-ethyl adjacent to an activating group) is 1. The van der Waals surface area contributed by atoms with Crippen molar-refractivity contribution in [3.8, 4) is 0 Å². The van der Waals surface area contributed by atoms with E-state index in [9.17, 15) is 0 Å². The first-order valence-electron chi connectivity index (χ1n) is 5.82. The maximum absolute atomic E-state index is 6.24. The van der Waals surface area contributed by atoms with E-state index in [1.807, 2.05) is 12.4 Å². The summed E-state index contributed by atoms with van der Waals surface area (Å²) in [6.07, 6.45) is 6.05. The lowest BCUT2D eigenvalue weighted by Gasteiger charge is -2.39. The Morgan fingerprint density at radius 1 is 1.56 bits per heavy atom. The second kappa shape index (κ2) is 5.25. The molecule has 0 saturated carbocycles. The molecule has 0 bridgehead atoms. The van der Waals surface area contributed by atoms with Crippen molar-refractivity contribution in [1.82, 2.24) is 9.88 Å². The van der Waals surface area contributed by atoms with Gasteiger partial charge in [-0.05, 0) is 53.5 Å². The molecule has 2 N–H and O–H groups in total. The fourth-order valence-corrected chi connectivity index (χ4v) is 2.88. The van der Waals surface area contributed by atoms with Crippen LogP contribution in [-0.4, -0.2) is 29.0 Å². The van der Waals surface area contributed by atoms with Crippen LogP contribution in [0.25, 0.3) is 0 Å². The monoisotopic (exact) mass is 283 g/mol. The van der Waals surface area contributed by atoms with E-state index in [1.165, 1.54) is 12.0 Å². The highest BCUT2D eigenvalue weighted by Crippen LogP contribution is 2.30. The molecule has 0 aliphatic carbocycles. The molecular weight excluding hydrogens is 266 g/mol. The third kappa shape index (κ3) is 2.44. The fourth-order valence-electron chi connectivity index (χ4n) is 2.50. The van der Waals surface area contributed by atoms with Gasteiger partial charge in [0.2, 0.25) is 0 Å². The van der Waals surface area contributed by atoms with Crippen LogP contribution in [0.3, 0.4) is 0 Å². The van der Waals surface area contributed by atoms with Crippen LogP contribution in [0, 0.1) is 0 Å². The van der Waals surface area contributed by atoms with Gasteiger partial charge in [-0.2, -0.15) is 0 Å². The van der Waals surface area contributed by atoms with Gasteiger partial charge in [0.15, 0.2) is 0 Å². The third-order valence-corrected chi connectivity index (χ3v) is 3.69. The molecule has 0 amide bonds. The number of pyridine rings is 1. The Labute approximate surface area is 105 Å². The summed E-state index contributed by atoms with van der Waals surface area (Å²) in [6.45, 7) is 4.38. The number of piperidine rings is 1. The molecule has 2 heterocycles.